The van der Waals surface area contributed by atoms with E-state index in [2.05, 4.69) is 67.0 Å². The van der Waals surface area contributed by atoms with Gasteiger partial charge in [-0.25, -0.2) is 9.59 Å². The number of ether oxygens (including phenoxy) is 1. The summed E-state index contributed by atoms with van der Waals surface area (Å²) in [5.74, 6) is -16.2. The Morgan fingerprint density at radius 3 is 1.60 bits per heavy atom. The Kier molecular flexibility index (Phi) is 42.8. The molecule has 1 saturated heterocycles. The fourth-order valence-corrected chi connectivity index (χ4v) is 9.62. The summed E-state index contributed by atoms with van der Waals surface area (Å²) in [6, 6.07) is -15.6. The van der Waals surface area contributed by atoms with Gasteiger partial charge in [0.15, 0.2) is 12.1 Å². The van der Waals surface area contributed by atoms with Crippen LogP contribution >= 0.6 is 11.6 Å². The molecule has 31 nitrogen and oxygen atoms in total. The van der Waals surface area contributed by atoms with E-state index < -0.39 is 181 Å². The van der Waals surface area contributed by atoms with Gasteiger partial charge < -0.3 is 101 Å². The molecule has 91 heavy (non-hydrogen) atoms. The highest BCUT2D eigenvalue weighted by Crippen LogP contribution is 2.14. The van der Waals surface area contributed by atoms with Gasteiger partial charge in [-0.1, -0.05) is 110 Å². The minimum absolute atomic E-state index is 0.0801. The summed E-state index contributed by atoms with van der Waals surface area (Å²) < 4.78 is 5.42. The van der Waals surface area contributed by atoms with Crippen molar-refractivity contribution in [3.05, 3.63) is 11.8 Å². The van der Waals surface area contributed by atoms with E-state index >= 15 is 0 Å². The first kappa shape index (κ1) is 82.4. The Bertz CT molecular complexity index is 2340. The van der Waals surface area contributed by atoms with Crippen LogP contribution in [0.3, 0.4) is 0 Å². The zero-order valence-corrected chi connectivity index (χ0v) is 53.9. The standard InChI is InChI=1S/C59H104ClN13O18/c1-5-8-10-12-14-15-16-17-19-23-36(75)31-45(78)65-42-34-91-59(90)47(43(76)33-60)72-50(80)37(7-3)66-56(86)46(35(4)74)71-53(83)40(26-29-63)69-57(87)48(49(79)58(88)89)73-52(82)38(24-20-21-27-61)67-54(84)41(70-51(81)39(25-28-62)68-55(42)85)32-44(77)64-30-22-18-13-11-9-6-2/h7,35-36,38-43,46-49,74-76,79H,5-6,8-34,61-63H2,1-4H3,(H,64,77)(H,65,78)(H,66,86)(H,67,84)(H,68,85)(H,69,87)(H,70,81)(H,71,83)(H,72,80)(H,73,82)(H,88,89)/b37-7+/t35-,36+,38?,39?,40-,41-,42?,43+,46?,47?,48?,49-/m0/s1. The molecule has 6 unspecified atom stereocenters. The van der Waals surface area contributed by atoms with Crippen LogP contribution in [0.25, 0.3) is 0 Å². The fourth-order valence-electron chi connectivity index (χ4n) is 9.44. The highest BCUT2D eigenvalue weighted by molar-refractivity contribution is 6.18. The molecule has 1 fully saturated rings. The molecule has 0 bridgehead atoms. The number of carboxylic acids is 1. The monoisotopic (exact) mass is 1320 g/mol. The van der Waals surface area contributed by atoms with Gasteiger partial charge in [0.25, 0.3) is 5.91 Å². The smallest absolute Gasteiger partial charge is 0.335 e. The van der Waals surface area contributed by atoms with E-state index in [4.69, 9.17) is 33.5 Å². The first-order chi connectivity index (χ1) is 43.3. The Morgan fingerprint density at radius 2 is 1.08 bits per heavy atom. The number of unbranched alkanes of at least 4 members (excludes halogenated alkanes) is 14. The molecule has 32 heteroatoms. The predicted molar refractivity (Wildman–Crippen MR) is 334 cm³/mol. The van der Waals surface area contributed by atoms with Crippen LogP contribution in [0.4, 0.5) is 0 Å². The van der Waals surface area contributed by atoms with Crippen LogP contribution in [0, 0.1) is 0 Å². The second-order valence-electron chi connectivity index (χ2n) is 22.6. The largest absolute Gasteiger partial charge is 0.479 e. The summed E-state index contributed by atoms with van der Waals surface area (Å²) in [5.41, 5.74) is 16.8. The lowest BCUT2D eigenvalue weighted by Gasteiger charge is -2.29. The lowest BCUT2D eigenvalue weighted by atomic mass is 10.0. The molecule has 0 aliphatic carbocycles. The van der Waals surface area contributed by atoms with Crippen LogP contribution < -0.4 is 70.4 Å². The summed E-state index contributed by atoms with van der Waals surface area (Å²) in [4.78, 5) is 167. The third-order valence-electron chi connectivity index (χ3n) is 14.8. The number of cyclic esters (lactones) is 1. The number of allylic oxidation sites excluding steroid dienone is 1. The highest BCUT2D eigenvalue weighted by atomic mass is 35.5. The van der Waals surface area contributed by atoms with E-state index in [0.717, 1.165) is 96.5 Å². The van der Waals surface area contributed by atoms with Crippen molar-refractivity contribution < 1.29 is 87.8 Å². The normalized spacial score (nSPS) is 23.4. The fraction of sp³-hybridized carbons (Fsp3) is 0.763. The summed E-state index contributed by atoms with van der Waals surface area (Å²) in [6.07, 6.45) is 5.46. The quantitative estimate of drug-likeness (QED) is 0.0132. The summed E-state index contributed by atoms with van der Waals surface area (Å²) in [7, 11) is 0. The van der Waals surface area contributed by atoms with Crippen molar-refractivity contribution in [1.29, 1.82) is 0 Å². The molecule has 0 aromatic carbocycles. The number of halogens is 1. The Morgan fingerprint density at radius 1 is 0.582 bits per heavy atom. The Hall–Kier alpha value is -6.61. The molecule has 0 spiro atoms. The first-order valence-corrected chi connectivity index (χ1v) is 32.3. The van der Waals surface area contributed by atoms with Crippen molar-refractivity contribution in [2.75, 3.05) is 38.7 Å². The van der Waals surface area contributed by atoms with Crippen LogP contribution in [-0.2, 0) is 62.3 Å². The molecular formula is C59H104ClN13O18. The van der Waals surface area contributed by atoms with Crippen LogP contribution in [-0.4, -0.2) is 208 Å². The summed E-state index contributed by atoms with van der Waals surface area (Å²) in [6.45, 7) is 4.95. The number of aliphatic carboxylic acids is 1. The molecule has 1 aliphatic rings. The van der Waals surface area contributed by atoms with E-state index in [0.29, 0.717) is 12.8 Å². The maximum atomic E-state index is 14.5. The van der Waals surface area contributed by atoms with Crippen molar-refractivity contribution >= 4 is 82.6 Å². The molecule has 21 N–H and O–H groups in total. The average Bonchev–Trinajstić information content (AvgIpc) is 1.98. The van der Waals surface area contributed by atoms with Gasteiger partial charge in [-0.05, 0) is 78.4 Å². The van der Waals surface area contributed by atoms with Gasteiger partial charge in [-0.2, -0.15) is 0 Å². The third kappa shape index (κ3) is 33.0. The van der Waals surface area contributed by atoms with Crippen molar-refractivity contribution in [2.45, 2.75) is 248 Å². The van der Waals surface area contributed by atoms with E-state index in [-0.39, 0.29) is 58.3 Å². The minimum atomic E-state index is -2.74. The van der Waals surface area contributed by atoms with E-state index in [1.807, 2.05) is 0 Å². The van der Waals surface area contributed by atoms with Gasteiger partial charge >= 0.3 is 11.9 Å². The molecule has 12 atom stereocenters. The molecule has 520 valence electrons. The molecule has 1 heterocycles. The lowest BCUT2D eigenvalue weighted by Crippen LogP contribution is -2.63. The first-order valence-electron chi connectivity index (χ1n) is 31.8. The highest BCUT2D eigenvalue weighted by Gasteiger charge is 2.40. The minimum Gasteiger partial charge on any atom is -0.479 e. The number of amides is 10. The lowest BCUT2D eigenvalue weighted by molar-refractivity contribution is -0.153. The van der Waals surface area contributed by atoms with E-state index in [9.17, 15) is 83.1 Å². The number of carboxylic acid groups (broad SMARTS) is 1. The molecule has 1 rings (SSSR count). The Labute approximate surface area is 537 Å². The number of nitrogens with two attached hydrogens (primary N) is 3. The maximum Gasteiger partial charge on any atom is 0.335 e. The third-order valence-corrected chi connectivity index (χ3v) is 15.1. The molecular weight excluding hydrogens is 1210 g/mol. The topological polar surface area (TPSA) is 514 Å². The van der Waals surface area contributed by atoms with Crippen molar-refractivity contribution in [1.82, 2.24) is 53.2 Å². The van der Waals surface area contributed by atoms with Crippen molar-refractivity contribution in [3.63, 3.8) is 0 Å². The zero-order valence-electron chi connectivity index (χ0n) is 53.2. The average molecular weight is 1320 g/mol. The number of hydrogen-bond donors (Lipinski definition) is 18. The predicted octanol–water partition coefficient (Wildman–Crippen LogP) is -2.77. The van der Waals surface area contributed by atoms with E-state index in [1.54, 1.807) is 0 Å². The SMILES string of the molecule is C/C=C1/NC(=O)C([C@H](C)O)NC(=O)[C@H](CCN)NC(=O)C([C@H](O)C(=O)O)NC(=O)C(CCCCN)NC(=O)[C@H](CC(=O)NCCCCCCCC)NC(=O)C(CCN)NC(=O)C(NC(=O)C[C@H](O)CCCCCCCCCCC)COC(=O)C([C@H](O)CCl)NC1=O. The van der Waals surface area contributed by atoms with Crippen LogP contribution in [0.15, 0.2) is 11.8 Å². The van der Waals surface area contributed by atoms with Gasteiger partial charge in [0.1, 0.15) is 54.6 Å². The number of carbonyl (C=O) groups excluding carboxylic acids is 11. The summed E-state index contributed by atoms with van der Waals surface area (Å²) >= 11 is 5.95. The number of carbonyl (C=O) groups is 12. The zero-order chi connectivity index (χ0) is 68.4. The molecule has 0 aromatic heterocycles. The van der Waals surface area contributed by atoms with Gasteiger partial charge in [0, 0.05) is 6.54 Å². The van der Waals surface area contributed by atoms with Gasteiger partial charge in [-0.15, -0.1) is 11.6 Å². The molecule has 0 radical (unpaired) electrons. The van der Waals surface area contributed by atoms with Gasteiger partial charge in [0.2, 0.25) is 53.2 Å². The van der Waals surface area contributed by atoms with Crippen LogP contribution in [0.5, 0.6) is 0 Å². The number of nitrogens with one attached hydrogen (secondary N) is 10. The van der Waals surface area contributed by atoms with Crippen LogP contribution in [0.2, 0.25) is 0 Å². The number of esters is 1. The van der Waals surface area contributed by atoms with E-state index in [1.165, 1.54) is 6.92 Å². The Balaban J connectivity index is 4.12. The maximum absolute atomic E-state index is 14.5. The second-order valence-corrected chi connectivity index (χ2v) is 22.9. The van der Waals surface area contributed by atoms with Crippen molar-refractivity contribution in [3.8, 4) is 0 Å². The molecule has 0 aromatic rings. The number of alkyl halides is 1. The summed E-state index contributed by atoms with van der Waals surface area (Å²) in [5, 5.41) is 76.5. The number of aliphatic hydroxyl groups excluding tert-OH is 4. The van der Waals surface area contributed by atoms with Crippen molar-refractivity contribution in [2.24, 2.45) is 17.2 Å². The number of rotatable bonds is 35. The van der Waals surface area contributed by atoms with Gasteiger partial charge in [-0.3, -0.25) is 47.9 Å². The molecule has 10 amide bonds. The molecule has 0 saturated carbocycles. The second kappa shape index (κ2) is 47.3. The van der Waals surface area contributed by atoms with Crippen LogP contribution in [0.1, 0.15) is 175 Å². The number of aliphatic hydroxyl groups is 4. The molecule has 1 aliphatic heterocycles. The number of hydrogen-bond acceptors (Lipinski definition) is 20. The van der Waals surface area contributed by atoms with Gasteiger partial charge in [0.05, 0.1) is 37.0 Å².